The number of hydrogen-bond acceptors (Lipinski definition) is 6. The quantitative estimate of drug-likeness (QED) is 0.715. The number of carbonyl (C=O) groups is 1. The van der Waals surface area contributed by atoms with E-state index in [0.717, 1.165) is 16.9 Å². The Kier molecular flexibility index (Phi) is 3.61. The van der Waals surface area contributed by atoms with Gasteiger partial charge in [0.25, 0.3) is 5.91 Å². The van der Waals surface area contributed by atoms with E-state index in [1.165, 1.54) is 6.20 Å². The van der Waals surface area contributed by atoms with Crippen LogP contribution in [0.3, 0.4) is 0 Å². The highest BCUT2D eigenvalue weighted by Gasteiger charge is 2.09. The summed E-state index contributed by atoms with van der Waals surface area (Å²) in [4.78, 5) is 28.9. The normalized spacial score (nSPS) is 10.5. The Morgan fingerprint density at radius 1 is 1.00 bits per heavy atom. The molecule has 2 heterocycles. The standard InChI is InChI=1S/C15H14N6O/c1-9-7-10(2)18-15(17-9)21-20-14(22)13-8-16-11-5-3-4-6-12(11)19-13/h3-8H,1-2H3,(H,20,22)(H,17,18,21). The first-order valence-electron chi connectivity index (χ1n) is 6.72. The van der Waals surface area contributed by atoms with Crippen molar-refractivity contribution < 1.29 is 4.79 Å². The molecule has 0 saturated heterocycles. The lowest BCUT2D eigenvalue weighted by atomic mass is 10.3. The molecule has 2 aromatic heterocycles. The van der Waals surface area contributed by atoms with Crippen LogP contribution >= 0.6 is 0 Å². The molecule has 2 N–H and O–H groups in total. The zero-order valence-corrected chi connectivity index (χ0v) is 12.2. The Balaban J connectivity index is 1.75. The predicted octanol–water partition coefficient (Wildman–Crippen LogP) is 1.79. The van der Waals surface area contributed by atoms with Gasteiger partial charge in [-0.05, 0) is 32.0 Å². The molecule has 3 rings (SSSR count). The molecule has 0 saturated carbocycles. The number of rotatable bonds is 3. The lowest BCUT2D eigenvalue weighted by Gasteiger charge is -2.08. The smallest absolute Gasteiger partial charge is 0.266 e. The second-order valence-corrected chi connectivity index (χ2v) is 4.80. The highest BCUT2D eigenvalue weighted by atomic mass is 16.2. The van der Waals surface area contributed by atoms with Crippen LogP contribution in [0.4, 0.5) is 5.95 Å². The van der Waals surface area contributed by atoms with Crippen molar-refractivity contribution in [1.29, 1.82) is 0 Å². The van der Waals surface area contributed by atoms with Crippen molar-refractivity contribution in [3.05, 3.63) is 53.6 Å². The minimum Gasteiger partial charge on any atom is -0.266 e. The molecule has 0 spiro atoms. The number of benzene rings is 1. The number of aromatic nitrogens is 4. The van der Waals surface area contributed by atoms with E-state index in [0.29, 0.717) is 11.5 Å². The van der Waals surface area contributed by atoms with Crippen LogP contribution < -0.4 is 10.9 Å². The van der Waals surface area contributed by atoms with Crippen LogP contribution in [0.25, 0.3) is 11.0 Å². The lowest BCUT2D eigenvalue weighted by Crippen LogP contribution is -2.31. The molecule has 7 nitrogen and oxygen atoms in total. The van der Waals surface area contributed by atoms with Crippen LogP contribution in [0, 0.1) is 13.8 Å². The van der Waals surface area contributed by atoms with Crippen LogP contribution in [0.15, 0.2) is 36.5 Å². The highest BCUT2D eigenvalue weighted by molar-refractivity contribution is 5.94. The minimum atomic E-state index is -0.402. The number of carbonyl (C=O) groups excluding carboxylic acids is 1. The van der Waals surface area contributed by atoms with Crippen molar-refractivity contribution in [2.24, 2.45) is 0 Å². The molecule has 0 aliphatic heterocycles. The third kappa shape index (κ3) is 2.98. The van der Waals surface area contributed by atoms with Gasteiger partial charge in [0.1, 0.15) is 5.69 Å². The monoisotopic (exact) mass is 294 g/mol. The molecule has 0 bridgehead atoms. The predicted molar refractivity (Wildman–Crippen MR) is 82.1 cm³/mol. The molecule has 0 atom stereocenters. The summed E-state index contributed by atoms with van der Waals surface area (Å²) in [5.74, 6) is -0.0689. The Hall–Kier alpha value is -3.09. The van der Waals surface area contributed by atoms with E-state index in [4.69, 9.17) is 0 Å². The summed E-state index contributed by atoms with van der Waals surface area (Å²) >= 11 is 0. The van der Waals surface area contributed by atoms with Crippen LogP contribution in [0.5, 0.6) is 0 Å². The summed E-state index contributed by atoms with van der Waals surface area (Å²) in [5, 5.41) is 0. The van der Waals surface area contributed by atoms with E-state index in [9.17, 15) is 4.79 Å². The van der Waals surface area contributed by atoms with Gasteiger partial charge >= 0.3 is 0 Å². The molecular weight excluding hydrogens is 280 g/mol. The van der Waals surface area contributed by atoms with Crippen LogP contribution in [-0.4, -0.2) is 25.8 Å². The Labute approximate surface area is 126 Å². The maximum absolute atomic E-state index is 12.1. The van der Waals surface area contributed by atoms with Gasteiger partial charge in [0.05, 0.1) is 17.2 Å². The fraction of sp³-hybridized carbons (Fsp3) is 0.133. The molecule has 110 valence electrons. The van der Waals surface area contributed by atoms with Crippen LogP contribution in [-0.2, 0) is 0 Å². The van der Waals surface area contributed by atoms with Crippen molar-refractivity contribution in [2.75, 3.05) is 5.43 Å². The summed E-state index contributed by atoms with van der Waals surface area (Å²) in [6, 6.07) is 9.21. The number of aryl methyl sites for hydroxylation is 2. The number of amides is 1. The molecule has 1 aromatic carbocycles. The van der Waals surface area contributed by atoms with Gasteiger partial charge in [0.2, 0.25) is 5.95 Å². The fourth-order valence-corrected chi connectivity index (χ4v) is 2.03. The molecular formula is C15H14N6O. The second-order valence-electron chi connectivity index (χ2n) is 4.80. The van der Waals surface area contributed by atoms with E-state index in [2.05, 4.69) is 30.8 Å². The van der Waals surface area contributed by atoms with Crippen molar-refractivity contribution in [3.8, 4) is 0 Å². The Morgan fingerprint density at radius 3 is 2.41 bits per heavy atom. The molecule has 1 amide bonds. The van der Waals surface area contributed by atoms with Gasteiger partial charge in [-0.25, -0.2) is 15.0 Å². The van der Waals surface area contributed by atoms with Gasteiger partial charge in [0, 0.05) is 11.4 Å². The molecule has 0 unspecified atom stereocenters. The third-order valence-electron chi connectivity index (χ3n) is 2.95. The average Bonchev–Trinajstić information content (AvgIpc) is 2.51. The number of hydrogen-bond donors (Lipinski definition) is 2. The molecule has 0 radical (unpaired) electrons. The van der Waals surface area contributed by atoms with Gasteiger partial charge in [-0.15, -0.1) is 0 Å². The Bertz CT molecular complexity index is 828. The topological polar surface area (TPSA) is 92.7 Å². The van der Waals surface area contributed by atoms with Gasteiger partial charge in [-0.3, -0.25) is 20.6 Å². The van der Waals surface area contributed by atoms with Crippen molar-refractivity contribution in [3.63, 3.8) is 0 Å². The molecule has 22 heavy (non-hydrogen) atoms. The zero-order chi connectivity index (χ0) is 15.5. The van der Waals surface area contributed by atoms with E-state index < -0.39 is 5.91 Å². The summed E-state index contributed by atoms with van der Waals surface area (Å²) in [7, 11) is 0. The van der Waals surface area contributed by atoms with Gasteiger partial charge in [-0.2, -0.15) is 0 Å². The fourth-order valence-electron chi connectivity index (χ4n) is 2.03. The van der Waals surface area contributed by atoms with Crippen molar-refractivity contribution in [2.45, 2.75) is 13.8 Å². The lowest BCUT2D eigenvalue weighted by molar-refractivity contribution is 0.0957. The van der Waals surface area contributed by atoms with E-state index >= 15 is 0 Å². The van der Waals surface area contributed by atoms with Gasteiger partial charge in [0.15, 0.2) is 0 Å². The largest absolute Gasteiger partial charge is 0.289 e. The number of nitrogens with one attached hydrogen (secondary N) is 2. The number of hydrazine groups is 1. The first-order chi connectivity index (χ1) is 10.6. The van der Waals surface area contributed by atoms with Gasteiger partial charge in [-0.1, -0.05) is 12.1 Å². The zero-order valence-electron chi connectivity index (χ0n) is 12.2. The maximum Gasteiger partial charge on any atom is 0.289 e. The first-order valence-corrected chi connectivity index (χ1v) is 6.72. The summed E-state index contributed by atoms with van der Waals surface area (Å²) < 4.78 is 0. The summed E-state index contributed by atoms with van der Waals surface area (Å²) in [6.45, 7) is 3.72. The first kappa shape index (κ1) is 13.9. The molecule has 0 aliphatic carbocycles. The van der Waals surface area contributed by atoms with E-state index in [-0.39, 0.29) is 5.69 Å². The highest BCUT2D eigenvalue weighted by Crippen LogP contribution is 2.08. The molecule has 0 fully saturated rings. The SMILES string of the molecule is Cc1cc(C)nc(NNC(=O)c2cnc3ccccc3n2)n1. The van der Waals surface area contributed by atoms with E-state index in [1.807, 2.05) is 38.1 Å². The maximum atomic E-state index is 12.1. The number of para-hydroxylation sites is 2. The number of nitrogens with zero attached hydrogens (tertiary/aromatic N) is 4. The average molecular weight is 294 g/mol. The Morgan fingerprint density at radius 2 is 1.68 bits per heavy atom. The number of fused-ring (bicyclic) bond motifs is 1. The van der Waals surface area contributed by atoms with Crippen molar-refractivity contribution in [1.82, 2.24) is 25.4 Å². The number of anilines is 1. The third-order valence-corrected chi connectivity index (χ3v) is 2.95. The minimum absolute atomic E-state index is 0.218. The summed E-state index contributed by atoms with van der Waals surface area (Å²) in [6.07, 6.45) is 1.43. The molecule has 0 aliphatic rings. The second kappa shape index (κ2) is 5.72. The van der Waals surface area contributed by atoms with Crippen molar-refractivity contribution >= 4 is 22.9 Å². The molecule has 3 aromatic rings. The molecule has 7 heteroatoms. The van der Waals surface area contributed by atoms with Crippen LogP contribution in [0.1, 0.15) is 21.9 Å². The summed E-state index contributed by atoms with van der Waals surface area (Å²) in [5.41, 5.74) is 8.45. The van der Waals surface area contributed by atoms with Crippen LogP contribution in [0.2, 0.25) is 0 Å². The van der Waals surface area contributed by atoms with E-state index in [1.54, 1.807) is 6.07 Å². The van der Waals surface area contributed by atoms with Gasteiger partial charge < -0.3 is 0 Å².